The van der Waals surface area contributed by atoms with Gasteiger partial charge in [0.25, 0.3) is 0 Å². The van der Waals surface area contributed by atoms with Crippen LogP contribution in [0.4, 0.5) is 30.7 Å². The number of hydrogen-bond acceptors (Lipinski definition) is 0. The van der Waals surface area contributed by atoms with Crippen LogP contribution in [-0.4, -0.2) is 18.0 Å². The predicted octanol–water partition coefficient (Wildman–Crippen LogP) is 4.88. The monoisotopic (exact) mass is 276 g/mol. The molecule has 0 aliphatic heterocycles. The van der Waals surface area contributed by atoms with Crippen molar-refractivity contribution in [3.05, 3.63) is 23.8 Å². The summed E-state index contributed by atoms with van der Waals surface area (Å²) in [4.78, 5) is 0. The van der Waals surface area contributed by atoms with E-state index in [0.717, 1.165) is 6.08 Å². The van der Waals surface area contributed by atoms with Gasteiger partial charge in [-0.3, -0.25) is 0 Å². The summed E-state index contributed by atoms with van der Waals surface area (Å²) in [6, 6.07) is 0. The van der Waals surface area contributed by atoms with E-state index in [9.17, 15) is 30.7 Å². The van der Waals surface area contributed by atoms with Crippen molar-refractivity contribution in [3.63, 3.8) is 0 Å². The highest BCUT2D eigenvalue weighted by molar-refractivity contribution is 5.20. The molecular formula is C11H11F7. The molecule has 0 fully saturated rings. The first-order chi connectivity index (χ1) is 8.11. The van der Waals surface area contributed by atoms with Crippen LogP contribution in [0, 0.1) is 0 Å². The normalized spacial score (nSPS) is 23.8. The molecule has 0 aromatic rings. The Kier molecular flexibility index (Phi) is 4.12. The molecule has 0 N–H and O–H groups in total. The van der Waals surface area contributed by atoms with Gasteiger partial charge < -0.3 is 0 Å². The Labute approximate surface area is 99.2 Å². The van der Waals surface area contributed by atoms with Gasteiger partial charge in [0.05, 0.1) is 0 Å². The molecule has 0 nitrogen and oxygen atoms in total. The smallest absolute Gasteiger partial charge is 0.194 e. The molecule has 0 heterocycles. The summed E-state index contributed by atoms with van der Waals surface area (Å²) >= 11 is 0. The second-order valence-electron chi connectivity index (χ2n) is 3.96. The van der Waals surface area contributed by atoms with E-state index in [2.05, 4.69) is 0 Å². The molecule has 0 amide bonds. The third-order valence-corrected chi connectivity index (χ3v) is 2.62. The van der Waals surface area contributed by atoms with E-state index in [1.807, 2.05) is 0 Å². The average Bonchev–Trinajstić information content (AvgIpc) is 2.13. The maximum Gasteiger partial charge on any atom is 0.460 e. The summed E-state index contributed by atoms with van der Waals surface area (Å²) < 4.78 is 88.2. The second kappa shape index (κ2) is 4.93. The minimum atomic E-state index is -6.27. The fourth-order valence-electron chi connectivity index (χ4n) is 1.60. The van der Waals surface area contributed by atoms with Crippen LogP contribution in [0.1, 0.15) is 25.7 Å². The van der Waals surface area contributed by atoms with Crippen LogP contribution in [0.3, 0.4) is 0 Å². The van der Waals surface area contributed by atoms with Crippen molar-refractivity contribution >= 4 is 0 Å². The van der Waals surface area contributed by atoms with Gasteiger partial charge in [0.1, 0.15) is 0 Å². The summed E-state index contributed by atoms with van der Waals surface area (Å²) in [6.07, 6.45) is -2.43. The van der Waals surface area contributed by atoms with Crippen LogP contribution in [0.25, 0.3) is 0 Å². The largest absolute Gasteiger partial charge is 0.460 e. The van der Waals surface area contributed by atoms with Gasteiger partial charge in [-0.15, -0.1) is 0 Å². The molecule has 1 aliphatic rings. The number of hydrogen-bond donors (Lipinski definition) is 0. The second-order valence-corrected chi connectivity index (χ2v) is 3.96. The van der Waals surface area contributed by atoms with Gasteiger partial charge in [-0.1, -0.05) is 18.2 Å². The molecule has 1 aliphatic carbocycles. The number of rotatable bonds is 2. The summed E-state index contributed by atoms with van der Waals surface area (Å²) in [6.45, 7) is 0. The predicted molar refractivity (Wildman–Crippen MR) is 51.6 cm³/mol. The zero-order valence-corrected chi connectivity index (χ0v) is 9.21. The van der Waals surface area contributed by atoms with Crippen LogP contribution in [0.5, 0.6) is 0 Å². The Morgan fingerprint density at radius 1 is 0.778 bits per heavy atom. The van der Waals surface area contributed by atoms with Crippen molar-refractivity contribution in [2.75, 3.05) is 0 Å². The molecule has 0 saturated carbocycles. The highest BCUT2D eigenvalue weighted by Gasteiger charge is 2.73. The molecular weight excluding hydrogens is 265 g/mol. The van der Waals surface area contributed by atoms with Crippen LogP contribution in [0.2, 0.25) is 0 Å². The third kappa shape index (κ3) is 2.70. The van der Waals surface area contributed by atoms with E-state index >= 15 is 0 Å². The van der Waals surface area contributed by atoms with E-state index < -0.39 is 30.0 Å². The SMILES string of the molecule is FC(F)(F)C(F)(F)C(F)(F)/C1=C/CC/C=C\CC1. The van der Waals surface area contributed by atoms with Gasteiger partial charge >= 0.3 is 18.0 Å². The lowest BCUT2D eigenvalue weighted by Gasteiger charge is -2.30. The van der Waals surface area contributed by atoms with Crippen molar-refractivity contribution < 1.29 is 30.7 Å². The van der Waals surface area contributed by atoms with Gasteiger partial charge in [-0.25, -0.2) is 0 Å². The number of allylic oxidation sites excluding steroid dienone is 4. The first-order valence-electron chi connectivity index (χ1n) is 5.27. The van der Waals surface area contributed by atoms with E-state index in [0.29, 0.717) is 6.42 Å². The Morgan fingerprint density at radius 3 is 1.89 bits per heavy atom. The minimum absolute atomic E-state index is 0.0232. The minimum Gasteiger partial charge on any atom is -0.194 e. The molecule has 0 unspecified atom stereocenters. The summed E-state index contributed by atoms with van der Waals surface area (Å²) in [7, 11) is 0. The van der Waals surface area contributed by atoms with Crippen molar-refractivity contribution in [1.29, 1.82) is 0 Å². The molecule has 0 bridgehead atoms. The van der Waals surface area contributed by atoms with Crippen molar-refractivity contribution in [1.82, 2.24) is 0 Å². The van der Waals surface area contributed by atoms with E-state index in [1.165, 1.54) is 6.08 Å². The Morgan fingerprint density at radius 2 is 1.33 bits per heavy atom. The lowest BCUT2D eigenvalue weighted by molar-refractivity contribution is -0.345. The van der Waals surface area contributed by atoms with Gasteiger partial charge in [-0.05, 0) is 25.7 Å². The maximum atomic E-state index is 13.3. The van der Waals surface area contributed by atoms with Crippen LogP contribution < -0.4 is 0 Å². The van der Waals surface area contributed by atoms with E-state index in [-0.39, 0.29) is 12.8 Å². The molecule has 18 heavy (non-hydrogen) atoms. The fourth-order valence-corrected chi connectivity index (χ4v) is 1.60. The number of halogens is 7. The van der Waals surface area contributed by atoms with E-state index in [1.54, 1.807) is 6.08 Å². The van der Waals surface area contributed by atoms with Crippen LogP contribution in [-0.2, 0) is 0 Å². The zero-order valence-electron chi connectivity index (χ0n) is 9.21. The standard InChI is InChI=1S/C11H11F7/c12-9(13,10(14,15)11(16,17)18)8-6-4-2-1-3-5-7-8/h1-2,7H,3-6H2/b2-1-,8-7+. The first kappa shape index (κ1) is 15.0. The first-order valence-corrected chi connectivity index (χ1v) is 5.27. The molecule has 0 spiro atoms. The quantitative estimate of drug-likeness (QED) is 0.498. The molecule has 1 rings (SSSR count). The summed E-state index contributed by atoms with van der Waals surface area (Å²) in [5.74, 6) is -11.2. The molecule has 7 heteroatoms. The lowest BCUT2D eigenvalue weighted by atomic mass is 9.94. The molecule has 104 valence electrons. The van der Waals surface area contributed by atoms with Crippen LogP contribution >= 0.6 is 0 Å². The maximum absolute atomic E-state index is 13.3. The van der Waals surface area contributed by atoms with Gasteiger partial charge in [0, 0.05) is 5.57 Å². The number of alkyl halides is 7. The molecule has 0 aromatic carbocycles. The highest BCUT2D eigenvalue weighted by atomic mass is 19.4. The summed E-state index contributed by atoms with van der Waals surface area (Å²) in [5.41, 5.74) is -1.14. The van der Waals surface area contributed by atoms with Crippen molar-refractivity contribution in [3.8, 4) is 0 Å². The molecule has 0 radical (unpaired) electrons. The Bertz CT molecular complexity index is 349. The van der Waals surface area contributed by atoms with Crippen molar-refractivity contribution in [2.45, 2.75) is 43.7 Å². The highest BCUT2D eigenvalue weighted by Crippen LogP contribution is 2.50. The molecule has 0 saturated heterocycles. The van der Waals surface area contributed by atoms with Gasteiger partial charge in [0.15, 0.2) is 0 Å². The van der Waals surface area contributed by atoms with Crippen LogP contribution in [0.15, 0.2) is 23.8 Å². The average molecular weight is 276 g/mol. The Balaban J connectivity index is 3.04. The zero-order chi connectivity index (χ0) is 14.0. The van der Waals surface area contributed by atoms with E-state index in [4.69, 9.17) is 0 Å². The van der Waals surface area contributed by atoms with Gasteiger partial charge in [0.2, 0.25) is 0 Å². The fraction of sp³-hybridized carbons (Fsp3) is 0.636. The molecule has 0 atom stereocenters. The molecule has 0 aromatic heterocycles. The van der Waals surface area contributed by atoms with Crippen molar-refractivity contribution in [2.24, 2.45) is 0 Å². The lowest BCUT2D eigenvalue weighted by Crippen LogP contribution is -2.52. The third-order valence-electron chi connectivity index (χ3n) is 2.62. The topological polar surface area (TPSA) is 0 Å². The summed E-state index contributed by atoms with van der Waals surface area (Å²) in [5, 5.41) is 0. The van der Waals surface area contributed by atoms with Gasteiger partial charge in [-0.2, -0.15) is 30.7 Å². The Hall–Kier alpha value is -1.01.